The lowest BCUT2D eigenvalue weighted by Gasteiger charge is -2.17. The lowest BCUT2D eigenvalue weighted by molar-refractivity contribution is -0.139. The maximum absolute atomic E-state index is 13.3. The minimum Gasteiger partial charge on any atom is -0.508 e. The van der Waals surface area contributed by atoms with Crippen molar-refractivity contribution >= 4 is 96.6 Å². The molecule has 8 aromatic rings. The average Bonchev–Trinajstić information content (AvgIpc) is 1.15. The number of hydrogen-bond donors (Lipinski definition) is 7. The van der Waals surface area contributed by atoms with Crippen LogP contribution in [0.2, 0.25) is 0 Å². The number of sulfonamides is 1. The first-order valence-corrected chi connectivity index (χ1v) is 35.7. The fourth-order valence-electron chi connectivity index (χ4n) is 9.70. The lowest BCUT2D eigenvalue weighted by Crippen LogP contribution is -2.20. The number of aromatic hydroxyl groups is 4. The monoisotopic (exact) mass is 1370 g/mol. The van der Waals surface area contributed by atoms with E-state index in [2.05, 4.69) is 42.7 Å². The number of carbonyl (C=O) groups is 3. The van der Waals surface area contributed by atoms with Crippen molar-refractivity contribution in [2.45, 2.75) is 161 Å². The molecule has 0 saturated carbocycles. The maximum atomic E-state index is 13.3. The second-order valence-electron chi connectivity index (χ2n) is 22.3. The molecule has 2 aromatic heterocycles. The van der Waals surface area contributed by atoms with E-state index in [0.29, 0.717) is 58.6 Å². The van der Waals surface area contributed by atoms with Crippen molar-refractivity contribution in [1.29, 1.82) is 0 Å². The van der Waals surface area contributed by atoms with Gasteiger partial charge in [-0.15, -0.1) is 15.3 Å². The minimum atomic E-state index is -3.71. The molecular formula is C66H81N9O13S5. The smallest absolute Gasteiger partial charge is 0.318 e. The van der Waals surface area contributed by atoms with Gasteiger partial charge in [-0.2, -0.15) is 0 Å². The highest BCUT2D eigenvalue weighted by Gasteiger charge is 2.25. The van der Waals surface area contributed by atoms with E-state index in [1.807, 2.05) is 32.0 Å². The molecule has 0 bridgehead atoms. The van der Waals surface area contributed by atoms with Crippen LogP contribution in [-0.2, 0) is 37.1 Å². The Kier molecular flexibility index (Phi) is 27.5. The molecule has 1 unspecified atom stereocenters. The second-order valence-corrected chi connectivity index (χ2v) is 28.9. The molecule has 27 heteroatoms. The summed E-state index contributed by atoms with van der Waals surface area (Å²) in [5, 5.41) is 66.2. The molecule has 1 atom stereocenters. The van der Waals surface area contributed by atoms with Crippen LogP contribution in [0.1, 0.15) is 142 Å². The van der Waals surface area contributed by atoms with E-state index in [4.69, 9.17) is 24.7 Å². The summed E-state index contributed by atoms with van der Waals surface area (Å²) in [6, 6.07) is 23.5. The van der Waals surface area contributed by atoms with E-state index in [0.717, 1.165) is 47.7 Å². The number of amides is 2. The first-order valence-electron chi connectivity index (χ1n) is 30.6. The first-order chi connectivity index (χ1) is 44.5. The fraction of sp³-hybridized carbons (Fsp3) is 0.394. The van der Waals surface area contributed by atoms with E-state index in [1.165, 1.54) is 130 Å². The molecule has 93 heavy (non-hydrogen) atoms. The number of aryl methyl sites for hydroxylation is 5. The number of fused-ring (bicyclic) bond motifs is 1. The van der Waals surface area contributed by atoms with E-state index in [-0.39, 0.29) is 69.8 Å². The number of unbranched alkanes of at least 4 members (excludes halogenated alkanes) is 13. The zero-order chi connectivity index (χ0) is 67.2. The number of esters is 1. The molecule has 2 heterocycles. The molecule has 498 valence electrons. The number of anilines is 2. The summed E-state index contributed by atoms with van der Waals surface area (Å²) >= 11 is 4.94. The molecule has 8 N–H and O–H groups in total. The minimum absolute atomic E-state index is 0.0119. The number of rotatable bonds is 34. The van der Waals surface area contributed by atoms with Crippen molar-refractivity contribution < 1.29 is 62.2 Å². The Morgan fingerprint density at radius 3 is 1.96 bits per heavy atom. The van der Waals surface area contributed by atoms with Gasteiger partial charge in [0, 0.05) is 29.6 Å². The van der Waals surface area contributed by atoms with Crippen LogP contribution in [0.15, 0.2) is 104 Å². The number of thioether (sulfide) groups is 2. The standard InChI is InChI=1S/C36H50N6O5S2.C30H31N3O8S3/c1-3-4-5-6-7-8-9-10-11-12-13-14-15-18-23-49(45,46)39-31-24-27(26-48-36-38-40-41-42(36)2)21-22-32(31)47-33-25-30(35(37)44)34(43)29-20-17-16-19-28(29)33;1-14-7-8-21(16(3)9-14)40-13-24(35)31-19-12-20(34)15(2)10-22(19)41-23-11-17(4)27(26(37)25(23)36)43-30-33-32-29(44-30)42-18(5)28(38)39-6/h16-17,19-22,24-25,39,43H,3-15,18,23,26H2,1-2H3,(H2,37,44);7-12,18,34,36-37H,13H2,1-6H3,(H,31,35). The molecule has 0 spiro atoms. The van der Waals surface area contributed by atoms with Gasteiger partial charge in [-0.05, 0) is 110 Å². The van der Waals surface area contributed by atoms with Crippen LogP contribution in [0.3, 0.4) is 0 Å². The van der Waals surface area contributed by atoms with Gasteiger partial charge in [0.1, 0.15) is 28.2 Å². The van der Waals surface area contributed by atoms with E-state index < -0.39 is 38.6 Å². The molecule has 0 saturated heterocycles. The third kappa shape index (κ3) is 21.5. The van der Waals surface area contributed by atoms with E-state index in [1.54, 1.807) is 75.0 Å². The highest BCUT2D eigenvalue weighted by atomic mass is 32.2. The summed E-state index contributed by atoms with van der Waals surface area (Å²) in [6.45, 7) is 10.9. The van der Waals surface area contributed by atoms with Crippen molar-refractivity contribution in [2.75, 3.05) is 29.5 Å². The summed E-state index contributed by atoms with van der Waals surface area (Å²) in [7, 11) is -0.642. The molecule has 0 aliphatic carbocycles. The SMILES string of the molecule is CCCCCCCCCCCCCCCCS(=O)(=O)Nc1cc(CSc2nnnn2C)ccc1Oc1cc(C(N)=O)c(O)c2ccccc12.COC(=O)C(C)Sc1nnc(Sc2c(C)cc(Oc3cc(C)c(O)cc3NC(=O)COc3ccc(C)cc3C)c(O)c2O)s1. The maximum Gasteiger partial charge on any atom is 0.318 e. The Bertz CT molecular complexity index is 3980. The van der Waals surface area contributed by atoms with Crippen molar-refractivity contribution in [1.82, 2.24) is 30.4 Å². The number of nitrogens with zero attached hydrogens (tertiary/aromatic N) is 6. The second kappa shape index (κ2) is 35.3. The highest BCUT2D eigenvalue weighted by molar-refractivity contribution is 8.04. The quantitative estimate of drug-likeness (QED) is 0.00853. The van der Waals surface area contributed by atoms with Crippen LogP contribution in [0.25, 0.3) is 10.8 Å². The molecular weight excluding hydrogens is 1290 g/mol. The van der Waals surface area contributed by atoms with Gasteiger partial charge in [0.25, 0.3) is 11.8 Å². The van der Waals surface area contributed by atoms with Crippen LogP contribution < -0.4 is 30.0 Å². The van der Waals surface area contributed by atoms with Crippen LogP contribution >= 0.6 is 46.6 Å². The van der Waals surface area contributed by atoms with Gasteiger partial charge < -0.3 is 50.4 Å². The van der Waals surface area contributed by atoms with Gasteiger partial charge in [-0.3, -0.25) is 19.1 Å². The number of methoxy groups -OCH3 is 1. The van der Waals surface area contributed by atoms with Crippen LogP contribution in [-0.4, -0.2) is 102 Å². The predicted molar refractivity (Wildman–Crippen MR) is 366 cm³/mol. The van der Waals surface area contributed by atoms with Crippen molar-refractivity contribution in [2.24, 2.45) is 12.8 Å². The summed E-state index contributed by atoms with van der Waals surface area (Å²) < 4.78 is 54.6. The Morgan fingerprint density at radius 1 is 0.677 bits per heavy atom. The first kappa shape index (κ1) is 72.4. The number of phenols is 4. The molecule has 0 fully saturated rings. The van der Waals surface area contributed by atoms with E-state index >= 15 is 0 Å². The van der Waals surface area contributed by atoms with Crippen LogP contribution in [0, 0.1) is 27.7 Å². The highest BCUT2D eigenvalue weighted by Crippen LogP contribution is 2.50. The van der Waals surface area contributed by atoms with Crippen molar-refractivity contribution in [3.05, 3.63) is 118 Å². The number of nitrogens with two attached hydrogens (primary N) is 1. The number of primary amides is 1. The molecule has 8 rings (SSSR count). The molecule has 0 aliphatic rings. The van der Waals surface area contributed by atoms with Crippen molar-refractivity contribution in [3.8, 4) is 51.7 Å². The summed E-state index contributed by atoms with van der Waals surface area (Å²) in [4.78, 5) is 36.9. The number of tetrazole rings is 1. The number of aromatic nitrogens is 6. The molecule has 0 aliphatic heterocycles. The zero-order valence-electron chi connectivity index (χ0n) is 53.4. The Hall–Kier alpha value is -7.98. The molecule has 6 aromatic carbocycles. The normalized spacial score (nSPS) is 11.6. The number of phenolic OH excluding ortho intramolecular Hbond substituents is 3. The van der Waals surface area contributed by atoms with Crippen LogP contribution in [0.5, 0.6) is 51.7 Å². The van der Waals surface area contributed by atoms with Gasteiger partial charge in [0.15, 0.2) is 38.3 Å². The summed E-state index contributed by atoms with van der Waals surface area (Å²) in [5.41, 5.74) is 9.66. The van der Waals surface area contributed by atoms with Gasteiger partial charge in [0.05, 0.1) is 34.7 Å². The van der Waals surface area contributed by atoms with E-state index in [9.17, 15) is 43.2 Å². The zero-order valence-corrected chi connectivity index (χ0v) is 57.5. The third-order valence-corrected chi connectivity index (χ3v) is 20.5. The van der Waals surface area contributed by atoms with Crippen LogP contribution in [0.4, 0.5) is 11.4 Å². The van der Waals surface area contributed by atoms with Crippen molar-refractivity contribution in [3.63, 3.8) is 0 Å². The number of ether oxygens (including phenoxy) is 4. The lowest BCUT2D eigenvalue weighted by atomic mass is 10.0. The van der Waals surface area contributed by atoms with Gasteiger partial charge in [-0.1, -0.05) is 185 Å². The van der Waals surface area contributed by atoms with Gasteiger partial charge in [0.2, 0.25) is 20.9 Å². The Labute approximate surface area is 559 Å². The average molecular weight is 1370 g/mol. The number of benzene rings is 6. The Balaban J connectivity index is 0.000000265. The molecule has 2 amide bonds. The predicted octanol–water partition coefficient (Wildman–Crippen LogP) is 15.0. The summed E-state index contributed by atoms with van der Waals surface area (Å²) in [5.74, 6) is -1.38. The summed E-state index contributed by atoms with van der Waals surface area (Å²) in [6.07, 6.45) is 16.6. The topological polar surface area (TPSA) is 323 Å². The Morgan fingerprint density at radius 2 is 1.31 bits per heavy atom. The molecule has 0 radical (unpaired) electrons. The van der Waals surface area contributed by atoms with Gasteiger partial charge in [-0.25, -0.2) is 13.1 Å². The molecule has 22 nitrogen and oxygen atoms in total. The largest absolute Gasteiger partial charge is 0.508 e. The fourth-order valence-corrected chi connectivity index (χ4v) is 14.9. The number of carbonyl (C=O) groups excluding carboxylic acids is 3. The number of hydrogen-bond acceptors (Lipinski definition) is 22. The van der Waals surface area contributed by atoms with Gasteiger partial charge >= 0.3 is 5.97 Å². The third-order valence-electron chi connectivity index (χ3n) is 14.7. The number of nitrogens with one attached hydrogen (secondary N) is 2.